The van der Waals surface area contributed by atoms with Gasteiger partial charge in [0.2, 0.25) is 17.7 Å². The molecule has 0 radical (unpaired) electrons. The van der Waals surface area contributed by atoms with Crippen LogP contribution in [0.25, 0.3) is 153 Å². The van der Waals surface area contributed by atoms with Crippen molar-refractivity contribution in [3.8, 4) is 89.9 Å². The fraction of sp³-hybridized carbons (Fsp3) is 0.0846. The van der Waals surface area contributed by atoms with Crippen LogP contribution < -0.4 is 0 Å². The van der Waals surface area contributed by atoms with E-state index in [9.17, 15) is 0 Å². The molecule has 0 saturated carbocycles. The van der Waals surface area contributed by atoms with Gasteiger partial charge < -0.3 is 26.5 Å². The topological polar surface area (TPSA) is 143 Å². The van der Waals surface area contributed by atoms with Crippen LogP contribution >= 0.6 is 0 Å². The molecule has 11 nitrogen and oxygen atoms in total. The predicted octanol–water partition coefficient (Wildman–Crippen LogP) is 36.9. The minimum Gasteiger partial charge on any atom is -0.461 e. The molecule has 0 unspecified atom stereocenters. The normalized spacial score (nSPS) is 10.5. The van der Waals surface area contributed by atoms with Gasteiger partial charge in [-0.05, 0) is 184 Å². The second-order valence-electron chi connectivity index (χ2n) is 32.3. The number of fused-ring (bicyclic) bond motifs is 3. The quantitative estimate of drug-likeness (QED) is 0.109. The highest BCUT2D eigenvalue weighted by atomic mass is 16.4. The smallest absolute Gasteiger partial charge is 0.226 e. The number of rotatable bonds is 13. The predicted molar refractivity (Wildman–Crippen MR) is 591 cm³/mol. The summed E-state index contributed by atoms with van der Waals surface area (Å²) in [6, 6.07) is 150. The molecular weight excluding hydrogens is 1730 g/mol. The number of oxazole rings is 5. The lowest BCUT2D eigenvalue weighted by molar-refractivity contribution is 0.534. The molecule has 141 heavy (non-hydrogen) atoms. The van der Waals surface area contributed by atoms with Crippen molar-refractivity contribution in [2.24, 2.45) is 0 Å². The molecule has 6 heterocycles. The molecule has 0 fully saturated rings. The Morgan fingerprint density at radius 3 is 0.894 bits per heavy atom. The number of benzene rings is 16. The van der Waals surface area contributed by atoms with E-state index in [1.807, 2.05) is 328 Å². The lowest BCUT2D eigenvalue weighted by atomic mass is 10.00. The Morgan fingerprint density at radius 2 is 0.504 bits per heavy atom. The van der Waals surface area contributed by atoms with Crippen molar-refractivity contribution >= 4 is 63.5 Å². The third-order valence-corrected chi connectivity index (χ3v) is 21.2. The number of hydrogen-bond acceptors (Lipinski definition) is 11. The van der Waals surface area contributed by atoms with Crippen molar-refractivity contribution in [1.82, 2.24) is 24.9 Å². The molecule has 0 aliphatic heterocycles. The van der Waals surface area contributed by atoms with Gasteiger partial charge in [-0.3, -0.25) is 0 Å². The highest BCUT2D eigenvalue weighted by Crippen LogP contribution is 2.30. The van der Waals surface area contributed by atoms with Crippen molar-refractivity contribution in [2.45, 2.75) is 76.2 Å². The van der Waals surface area contributed by atoms with E-state index in [0.29, 0.717) is 23.6 Å². The van der Waals surface area contributed by atoms with Crippen molar-refractivity contribution < 1.29 is 26.5 Å². The van der Waals surface area contributed by atoms with Gasteiger partial charge >= 0.3 is 0 Å². The number of furan rings is 1. The summed E-state index contributed by atoms with van der Waals surface area (Å²) in [6.45, 7) is 21.9. The van der Waals surface area contributed by atoms with Gasteiger partial charge in [0.1, 0.15) is 22.4 Å². The van der Waals surface area contributed by atoms with E-state index >= 15 is 0 Å². The van der Waals surface area contributed by atoms with Crippen LogP contribution in [0, 0.1) is 41.5 Å². The summed E-state index contributed by atoms with van der Waals surface area (Å²) in [5.41, 5.74) is 26.4. The summed E-state index contributed by atoms with van der Waals surface area (Å²) in [5.74, 6) is 6.78. The minimum atomic E-state index is 0.645. The van der Waals surface area contributed by atoms with Crippen molar-refractivity contribution in [2.75, 3.05) is 0 Å². The average Bonchev–Trinajstić information content (AvgIpc) is 1.12. The SMILES string of the molecule is C/C=C/c1ccc(-c2ccccc2)cc1.C/C=C/c1ccc(-c2ncc(-c3ccccc3)o2)cc1.C/C=C/c1ccccc1.C/C=C/c1nc2ccccc2o1.C/C=C/c1ncc(-c2ccccc2)o1.Cc1cc2ccccc2o1.Cc1ccc(-c2ccc(-c3ccccc3)cc2)cc1.Cc1ccc(-c2ccccc2)cc1.Cc1ccccc1.Cc1nc2ccccc2o1.Cc1ncc(-c2ccccc2)o1. The van der Waals surface area contributed by atoms with Gasteiger partial charge in [-0.25, -0.2) is 24.9 Å². The van der Waals surface area contributed by atoms with E-state index in [4.69, 9.17) is 26.5 Å². The van der Waals surface area contributed by atoms with E-state index in [0.717, 1.165) is 79.0 Å². The number of allylic oxidation sites excluding steroid dienone is 5. The van der Waals surface area contributed by atoms with Gasteiger partial charge in [0, 0.05) is 41.5 Å². The monoisotopic (exact) mass is 1850 g/mol. The molecule has 0 aliphatic rings. The van der Waals surface area contributed by atoms with Crippen LogP contribution in [0.3, 0.4) is 0 Å². The van der Waals surface area contributed by atoms with Crippen LogP contribution in [0.5, 0.6) is 0 Å². The first kappa shape index (κ1) is 102. The van der Waals surface area contributed by atoms with Crippen molar-refractivity contribution in [3.05, 3.63) is 555 Å². The van der Waals surface area contributed by atoms with E-state index in [2.05, 4.69) is 276 Å². The van der Waals surface area contributed by atoms with E-state index in [-0.39, 0.29) is 0 Å². The fourth-order valence-electron chi connectivity index (χ4n) is 14.1. The molecule has 700 valence electrons. The zero-order chi connectivity index (χ0) is 98.6. The lowest BCUT2D eigenvalue weighted by Crippen LogP contribution is -1.80. The summed E-state index contributed by atoms with van der Waals surface area (Å²) in [7, 11) is 0. The highest BCUT2D eigenvalue weighted by molar-refractivity contribution is 5.78. The maximum absolute atomic E-state index is 5.83. The number of hydrogen-bond donors (Lipinski definition) is 0. The van der Waals surface area contributed by atoms with Gasteiger partial charge in [0.25, 0.3) is 0 Å². The van der Waals surface area contributed by atoms with Crippen molar-refractivity contribution in [3.63, 3.8) is 0 Å². The molecule has 0 aliphatic carbocycles. The molecule has 11 heteroatoms. The first-order chi connectivity index (χ1) is 69.2. The lowest BCUT2D eigenvalue weighted by Gasteiger charge is -2.05. The fourth-order valence-corrected chi connectivity index (χ4v) is 14.1. The third kappa shape index (κ3) is 34.3. The first-order valence-corrected chi connectivity index (χ1v) is 47.1. The largest absolute Gasteiger partial charge is 0.461 e. The molecule has 0 bridgehead atoms. The molecule has 0 amide bonds. The summed E-state index contributed by atoms with van der Waals surface area (Å²) >= 11 is 0. The summed E-state index contributed by atoms with van der Waals surface area (Å²) < 4.78 is 32.7. The van der Waals surface area contributed by atoms with E-state index in [1.165, 1.54) is 83.3 Å². The molecule has 0 N–H and O–H groups in total. The summed E-state index contributed by atoms with van der Waals surface area (Å²) in [4.78, 5) is 20.9. The zero-order valence-corrected chi connectivity index (χ0v) is 81.8. The Hall–Kier alpha value is -17.7. The van der Waals surface area contributed by atoms with Crippen molar-refractivity contribution in [1.29, 1.82) is 0 Å². The Kier molecular flexibility index (Phi) is 41.1. The second-order valence-corrected chi connectivity index (χ2v) is 32.3. The van der Waals surface area contributed by atoms with Crippen LogP contribution in [-0.2, 0) is 0 Å². The molecule has 0 spiro atoms. The number of para-hydroxylation sites is 5. The van der Waals surface area contributed by atoms with Crippen LogP contribution in [-0.4, -0.2) is 24.9 Å². The molecule has 0 saturated heterocycles. The third-order valence-electron chi connectivity index (χ3n) is 21.2. The second kappa shape index (κ2) is 56.6. The number of aryl methyl sites for hydroxylation is 6. The molecule has 16 aromatic carbocycles. The minimum absolute atomic E-state index is 0.645. The van der Waals surface area contributed by atoms with Gasteiger partial charge in [-0.2, -0.15) is 0 Å². The Labute approximate surface area is 830 Å². The van der Waals surface area contributed by atoms with Gasteiger partial charge in [0.05, 0.1) is 18.6 Å². The number of aromatic nitrogens is 5. The molecular formula is C130H119N5O6. The van der Waals surface area contributed by atoms with Crippen LogP contribution in [0.1, 0.15) is 97.3 Å². The maximum atomic E-state index is 5.83. The Balaban J connectivity index is 0.000000140. The molecule has 0 atom stereocenters. The average molecular weight is 1850 g/mol. The van der Waals surface area contributed by atoms with Gasteiger partial charge in [-0.15, -0.1) is 0 Å². The Bertz CT molecular complexity index is 7260. The summed E-state index contributed by atoms with van der Waals surface area (Å²) in [5, 5.41) is 1.18. The Morgan fingerprint density at radius 1 is 0.199 bits per heavy atom. The molecule has 22 rings (SSSR count). The standard InChI is InChI=1S/C19H16.C18H15NO.C15H14.C13H12.C12H11NO.2C10H9NO.C9H8O.C9H10.C8H7NO.C7H8/c1-15-7-9-17(10-8-15)19-13-11-18(12-14-19)16-5-3-2-4-6-16;1-2-6-14-9-11-16(12-10-14)18-19-13-17(20-18)15-7-4-3-5-8-15;1-2-6-13-9-11-15(12-10-13)14-7-4-3-5-8-14;1-11-7-9-13(10-8-11)12-5-3-2-4-6-12;1-2-6-12-13-9-11(14-12)10-7-4-3-5-8-10;1-8-11-7-10(12-8)9-5-3-2-4-6-9;1-2-5-10-11-8-6-3-4-7-9(8)12-10;1-7-6-8-4-2-3-5-9(8)10-7;1-2-6-9-7-4-3-5-8-9;1-6-9-7-4-2-3-5-8(7)10-6;1-7-5-3-2-4-6-7/h2-14H,1H3;2-13H,1H3;2-12H,1H3;2-10H,1H3;2-9H,1H3;2*2-7H,1H3;2-6H,1H3;2-8H,1H3;2-5H,1H3;2-6H,1H3/b;2*6-2+;;6-2+;;5-2+;;6-2+;;. The van der Waals surface area contributed by atoms with Crippen LogP contribution in [0.15, 0.2) is 518 Å². The van der Waals surface area contributed by atoms with E-state index < -0.39 is 0 Å². The van der Waals surface area contributed by atoms with Crippen LogP contribution in [0.2, 0.25) is 0 Å². The summed E-state index contributed by atoms with van der Waals surface area (Å²) in [6.07, 6.45) is 25.1. The zero-order valence-electron chi connectivity index (χ0n) is 81.8. The van der Waals surface area contributed by atoms with Gasteiger partial charge in [-0.1, -0.05) is 460 Å². The number of nitrogens with zero attached hydrogens (tertiary/aromatic N) is 5. The molecule has 22 aromatic rings. The van der Waals surface area contributed by atoms with Gasteiger partial charge in [0.15, 0.2) is 40.2 Å². The molecule has 6 aromatic heterocycles. The first-order valence-electron chi connectivity index (χ1n) is 47.1. The highest BCUT2D eigenvalue weighted by Gasteiger charge is 2.11. The van der Waals surface area contributed by atoms with Crippen LogP contribution in [0.4, 0.5) is 0 Å². The maximum Gasteiger partial charge on any atom is 0.226 e. The van der Waals surface area contributed by atoms with E-state index in [1.54, 1.807) is 18.6 Å².